The van der Waals surface area contributed by atoms with Gasteiger partial charge in [0.2, 0.25) is 0 Å². The third kappa shape index (κ3) is 4.78. The van der Waals surface area contributed by atoms with Gasteiger partial charge in [0.1, 0.15) is 16.9 Å². The molecule has 1 fully saturated rings. The quantitative estimate of drug-likeness (QED) is 0.372. The number of aromatic nitrogens is 1. The van der Waals surface area contributed by atoms with Crippen LogP contribution >= 0.6 is 11.9 Å². The molecule has 32 heavy (non-hydrogen) atoms. The molecule has 1 aromatic heterocycles. The van der Waals surface area contributed by atoms with E-state index in [9.17, 15) is 4.79 Å². The minimum Gasteiger partial charge on any atom is -0.496 e. The lowest BCUT2D eigenvalue weighted by molar-refractivity contribution is -0.147. The second-order valence-electron chi connectivity index (χ2n) is 7.53. The van der Waals surface area contributed by atoms with Crippen LogP contribution in [-0.4, -0.2) is 49.9 Å². The van der Waals surface area contributed by atoms with Crippen molar-refractivity contribution in [3.05, 3.63) is 42.0 Å². The first-order valence-corrected chi connectivity index (χ1v) is 11.4. The summed E-state index contributed by atoms with van der Waals surface area (Å²) in [4.78, 5) is 15.2. The number of benzene rings is 2. The number of nitrogens with one attached hydrogen (secondary N) is 1. The maximum atomic E-state index is 12.0. The van der Waals surface area contributed by atoms with Gasteiger partial charge in [0, 0.05) is 13.1 Å². The predicted molar refractivity (Wildman–Crippen MR) is 123 cm³/mol. The minimum absolute atomic E-state index is 0.0614. The van der Waals surface area contributed by atoms with E-state index >= 15 is 0 Å². The maximum absolute atomic E-state index is 12.0. The second kappa shape index (κ2) is 10.1. The van der Waals surface area contributed by atoms with Crippen molar-refractivity contribution < 1.29 is 23.5 Å². The molecule has 2 heterocycles. The Morgan fingerprint density at radius 2 is 2.06 bits per heavy atom. The number of anilines is 1. The SMILES string of the molecule is CCOC(=O)C1CCN(Cc2cc(OC)c3c(NSc4ccccc4OC)noc3c2)C1. The summed E-state index contributed by atoms with van der Waals surface area (Å²) in [6.07, 6.45) is 0.814. The van der Waals surface area contributed by atoms with Gasteiger partial charge in [0.15, 0.2) is 11.4 Å². The maximum Gasteiger partial charge on any atom is 0.310 e. The number of hydrogen-bond acceptors (Lipinski definition) is 9. The number of carbonyl (C=O) groups excluding carboxylic acids is 1. The van der Waals surface area contributed by atoms with Crippen molar-refractivity contribution in [2.75, 3.05) is 38.6 Å². The minimum atomic E-state index is -0.110. The van der Waals surface area contributed by atoms with Crippen LogP contribution in [0.1, 0.15) is 18.9 Å². The fourth-order valence-electron chi connectivity index (χ4n) is 3.91. The standard InChI is InChI=1S/C23H27N3O5S/c1-4-30-23(27)16-9-10-26(14-16)13-15-11-18(29-3)21-19(12-15)31-24-22(21)25-32-20-8-6-5-7-17(20)28-2/h5-8,11-12,16H,4,9-10,13-14H2,1-3H3,(H,24,25). The highest BCUT2D eigenvalue weighted by Gasteiger charge is 2.29. The number of ether oxygens (including phenoxy) is 3. The third-order valence-electron chi connectivity index (χ3n) is 5.44. The lowest BCUT2D eigenvalue weighted by atomic mass is 10.1. The highest BCUT2D eigenvalue weighted by molar-refractivity contribution is 8.00. The van der Waals surface area contributed by atoms with Gasteiger partial charge >= 0.3 is 5.97 Å². The fraction of sp³-hybridized carbons (Fsp3) is 0.391. The first-order valence-electron chi connectivity index (χ1n) is 10.5. The number of hydrogen-bond donors (Lipinski definition) is 1. The Bertz CT molecular complexity index is 1090. The Morgan fingerprint density at radius 3 is 2.84 bits per heavy atom. The lowest BCUT2D eigenvalue weighted by Crippen LogP contribution is -2.24. The van der Waals surface area contributed by atoms with Gasteiger partial charge in [-0.25, -0.2) is 0 Å². The van der Waals surface area contributed by atoms with Crippen LogP contribution in [0.25, 0.3) is 11.0 Å². The molecule has 8 nitrogen and oxygen atoms in total. The number of likely N-dealkylation sites (tertiary alicyclic amines) is 1. The summed E-state index contributed by atoms with van der Waals surface area (Å²) in [5, 5.41) is 4.98. The zero-order valence-corrected chi connectivity index (χ0v) is 19.2. The second-order valence-corrected chi connectivity index (χ2v) is 8.38. The lowest BCUT2D eigenvalue weighted by Gasteiger charge is -2.16. The van der Waals surface area contributed by atoms with Gasteiger partial charge in [0.25, 0.3) is 0 Å². The number of fused-ring (bicyclic) bond motifs is 1. The van der Waals surface area contributed by atoms with Crippen LogP contribution in [0.3, 0.4) is 0 Å². The van der Waals surface area contributed by atoms with E-state index in [4.69, 9.17) is 18.7 Å². The predicted octanol–water partition coefficient (Wildman–Crippen LogP) is 4.35. The average molecular weight is 458 g/mol. The number of para-hydroxylation sites is 1. The molecular formula is C23H27N3O5S. The molecule has 0 radical (unpaired) electrons. The molecule has 9 heteroatoms. The van der Waals surface area contributed by atoms with Crippen LogP contribution in [0.2, 0.25) is 0 Å². The normalized spacial score (nSPS) is 16.3. The third-order valence-corrected chi connectivity index (χ3v) is 6.30. The topological polar surface area (TPSA) is 86.1 Å². The molecule has 1 N–H and O–H groups in total. The number of methoxy groups -OCH3 is 2. The highest BCUT2D eigenvalue weighted by Crippen LogP contribution is 2.37. The Morgan fingerprint density at radius 1 is 1.25 bits per heavy atom. The molecule has 1 atom stereocenters. The van der Waals surface area contributed by atoms with Crippen molar-refractivity contribution in [2.45, 2.75) is 24.8 Å². The summed E-state index contributed by atoms with van der Waals surface area (Å²) >= 11 is 1.40. The van der Waals surface area contributed by atoms with Crippen LogP contribution < -0.4 is 14.2 Å². The molecule has 0 bridgehead atoms. The number of carbonyl (C=O) groups is 1. The van der Waals surface area contributed by atoms with E-state index in [-0.39, 0.29) is 11.9 Å². The van der Waals surface area contributed by atoms with Crippen molar-refractivity contribution in [3.8, 4) is 11.5 Å². The molecule has 1 aliphatic heterocycles. The zero-order chi connectivity index (χ0) is 22.5. The molecule has 0 aliphatic carbocycles. The number of rotatable bonds is 9. The van der Waals surface area contributed by atoms with E-state index in [0.717, 1.165) is 34.6 Å². The summed E-state index contributed by atoms with van der Waals surface area (Å²) in [5.74, 6) is 1.87. The molecular weight excluding hydrogens is 430 g/mol. The molecule has 1 unspecified atom stereocenters. The summed E-state index contributed by atoms with van der Waals surface area (Å²) < 4.78 is 25.1. The van der Waals surface area contributed by atoms with E-state index in [1.807, 2.05) is 43.3 Å². The van der Waals surface area contributed by atoms with Gasteiger partial charge in [-0.1, -0.05) is 17.3 Å². The molecule has 1 aliphatic rings. The molecule has 170 valence electrons. The number of nitrogens with zero attached hydrogens (tertiary/aromatic N) is 2. The first-order chi connectivity index (χ1) is 15.6. The smallest absolute Gasteiger partial charge is 0.310 e. The molecule has 1 saturated heterocycles. The monoisotopic (exact) mass is 457 g/mol. The zero-order valence-electron chi connectivity index (χ0n) is 18.4. The molecule has 2 aromatic carbocycles. The summed E-state index contributed by atoms with van der Waals surface area (Å²) in [6.45, 7) is 4.49. The van der Waals surface area contributed by atoms with Crippen molar-refractivity contribution in [1.82, 2.24) is 10.1 Å². The van der Waals surface area contributed by atoms with Crippen LogP contribution in [0.5, 0.6) is 11.5 Å². The Hall–Kier alpha value is -2.91. The van der Waals surface area contributed by atoms with Crippen LogP contribution in [-0.2, 0) is 16.1 Å². The molecule has 3 aromatic rings. The Balaban J connectivity index is 1.49. The molecule has 0 saturated carbocycles. The van der Waals surface area contributed by atoms with E-state index in [1.54, 1.807) is 14.2 Å². The first kappa shape index (κ1) is 22.3. The summed E-state index contributed by atoms with van der Waals surface area (Å²) in [5.41, 5.74) is 1.68. The van der Waals surface area contributed by atoms with Crippen molar-refractivity contribution in [2.24, 2.45) is 5.92 Å². The largest absolute Gasteiger partial charge is 0.496 e. The van der Waals surface area contributed by atoms with Gasteiger partial charge in [-0.15, -0.1) is 0 Å². The highest BCUT2D eigenvalue weighted by atomic mass is 32.2. The van der Waals surface area contributed by atoms with Gasteiger partial charge in [-0.2, -0.15) is 0 Å². The van der Waals surface area contributed by atoms with Gasteiger partial charge in [0.05, 0.1) is 31.6 Å². The van der Waals surface area contributed by atoms with Crippen LogP contribution in [0.15, 0.2) is 45.8 Å². The van der Waals surface area contributed by atoms with Crippen molar-refractivity contribution in [1.29, 1.82) is 0 Å². The van der Waals surface area contributed by atoms with Crippen LogP contribution in [0.4, 0.5) is 5.82 Å². The Labute approximate surface area is 191 Å². The summed E-state index contributed by atoms with van der Waals surface area (Å²) in [6, 6.07) is 11.7. The van der Waals surface area contributed by atoms with E-state index < -0.39 is 0 Å². The van der Waals surface area contributed by atoms with E-state index in [1.165, 1.54) is 11.9 Å². The van der Waals surface area contributed by atoms with E-state index in [0.29, 0.717) is 36.8 Å². The van der Waals surface area contributed by atoms with Crippen molar-refractivity contribution in [3.63, 3.8) is 0 Å². The molecule has 0 spiro atoms. The van der Waals surface area contributed by atoms with Gasteiger partial charge < -0.3 is 23.5 Å². The summed E-state index contributed by atoms with van der Waals surface area (Å²) in [7, 11) is 3.28. The van der Waals surface area contributed by atoms with Gasteiger partial charge in [-0.3, -0.25) is 9.69 Å². The molecule has 4 rings (SSSR count). The van der Waals surface area contributed by atoms with Gasteiger partial charge in [-0.05, 0) is 61.7 Å². The average Bonchev–Trinajstić information content (AvgIpc) is 3.44. The van der Waals surface area contributed by atoms with Crippen molar-refractivity contribution >= 4 is 34.7 Å². The fourth-order valence-corrected chi connectivity index (χ4v) is 4.65. The number of esters is 1. The van der Waals surface area contributed by atoms with Crippen LogP contribution in [0, 0.1) is 5.92 Å². The Kier molecular flexibility index (Phi) is 7.06. The molecule has 0 amide bonds. The van der Waals surface area contributed by atoms with E-state index in [2.05, 4.69) is 14.8 Å².